The number of carbonyl (C=O) groups is 2. The van der Waals surface area contributed by atoms with E-state index in [2.05, 4.69) is 9.97 Å². The molecule has 0 saturated carbocycles. The molecule has 180 valence electrons. The highest BCUT2D eigenvalue weighted by Crippen LogP contribution is 2.32. The molecule has 0 radical (unpaired) electrons. The van der Waals surface area contributed by atoms with Gasteiger partial charge in [0, 0.05) is 42.9 Å². The number of hydrogen-bond donors (Lipinski definition) is 0. The van der Waals surface area contributed by atoms with Crippen molar-refractivity contribution in [2.75, 3.05) is 27.2 Å². The number of methoxy groups -OCH3 is 1. The fourth-order valence-corrected chi connectivity index (χ4v) is 5.36. The van der Waals surface area contributed by atoms with Crippen LogP contribution in [0.25, 0.3) is 10.9 Å². The number of likely N-dealkylation sites (tertiary alicyclic amines) is 1. The van der Waals surface area contributed by atoms with Crippen molar-refractivity contribution < 1.29 is 18.7 Å². The van der Waals surface area contributed by atoms with Gasteiger partial charge in [0.25, 0.3) is 11.8 Å². The number of para-hydroxylation sites is 1. The monoisotopic (exact) mass is 490 g/mol. The molecule has 9 heteroatoms. The predicted molar refractivity (Wildman–Crippen MR) is 133 cm³/mol. The van der Waals surface area contributed by atoms with Crippen LogP contribution in [0, 0.1) is 0 Å². The van der Waals surface area contributed by atoms with E-state index < -0.39 is 0 Å². The third-order valence-electron chi connectivity index (χ3n) is 6.31. The molecule has 0 N–H and O–H groups in total. The highest BCUT2D eigenvalue weighted by atomic mass is 32.1. The van der Waals surface area contributed by atoms with Crippen molar-refractivity contribution in [3.63, 3.8) is 0 Å². The second-order valence-electron chi connectivity index (χ2n) is 8.60. The molecule has 1 aliphatic heterocycles. The van der Waals surface area contributed by atoms with Crippen molar-refractivity contribution in [1.29, 1.82) is 0 Å². The summed E-state index contributed by atoms with van der Waals surface area (Å²) >= 11 is 1.51. The summed E-state index contributed by atoms with van der Waals surface area (Å²) in [5.74, 6) is 1.37. The summed E-state index contributed by atoms with van der Waals surface area (Å²) in [6.45, 7) is 1.62. The van der Waals surface area contributed by atoms with E-state index in [1.54, 1.807) is 37.5 Å². The lowest BCUT2D eigenvalue weighted by atomic mass is 9.97. The van der Waals surface area contributed by atoms with Crippen LogP contribution in [0.4, 0.5) is 0 Å². The zero-order valence-corrected chi connectivity index (χ0v) is 20.5. The minimum absolute atomic E-state index is 0.0953. The van der Waals surface area contributed by atoms with Crippen LogP contribution in [-0.2, 0) is 6.54 Å². The quantitative estimate of drug-likeness (QED) is 0.393. The number of ether oxygens (including phenoxy) is 1. The van der Waals surface area contributed by atoms with Gasteiger partial charge >= 0.3 is 0 Å². The van der Waals surface area contributed by atoms with Crippen molar-refractivity contribution in [2.24, 2.45) is 0 Å². The van der Waals surface area contributed by atoms with Crippen LogP contribution >= 0.6 is 11.3 Å². The summed E-state index contributed by atoms with van der Waals surface area (Å²) in [5, 5.41) is 3.64. The third kappa shape index (κ3) is 4.77. The van der Waals surface area contributed by atoms with Crippen LogP contribution in [0.3, 0.4) is 0 Å². The molecule has 0 atom stereocenters. The van der Waals surface area contributed by atoms with E-state index in [-0.39, 0.29) is 17.7 Å². The van der Waals surface area contributed by atoms with Crippen LogP contribution < -0.4 is 4.74 Å². The second-order valence-corrected chi connectivity index (χ2v) is 9.49. The van der Waals surface area contributed by atoms with Gasteiger partial charge in [0.1, 0.15) is 22.9 Å². The summed E-state index contributed by atoms with van der Waals surface area (Å²) < 4.78 is 10.8. The van der Waals surface area contributed by atoms with Gasteiger partial charge in [-0.15, -0.1) is 11.3 Å². The van der Waals surface area contributed by atoms with Crippen LogP contribution in [0.1, 0.15) is 50.5 Å². The zero-order valence-electron chi connectivity index (χ0n) is 19.6. The first-order chi connectivity index (χ1) is 17.0. The maximum Gasteiger partial charge on any atom is 0.273 e. The molecular formula is C26H26N4O4S. The number of furan rings is 1. The number of amides is 2. The second kappa shape index (κ2) is 9.87. The van der Waals surface area contributed by atoms with E-state index >= 15 is 0 Å². The molecule has 35 heavy (non-hydrogen) atoms. The zero-order chi connectivity index (χ0) is 24.4. The Balaban J connectivity index is 1.22. The van der Waals surface area contributed by atoms with Crippen LogP contribution in [0.5, 0.6) is 5.75 Å². The van der Waals surface area contributed by atoms with E-state index in [1.807, 2.05) is 40.6 Å². The number of piperidine rings is 1. The topological polar surface area (TPSA) is 88.8 Å². The number of aromatic nitrogens is 2. The van der Waals surface area contributed by atoms with Crippen molar-refractivity contribution >= 4 is 34.1 Å². The van der Waals surface area contributed by atoms with Gasteiger partial charge in [0.2, 0.25) is 0 Å². The Morgan fingerprint density at radius 1 is 1.14 bits per heavy atom. The highest BCUT2D eigenvalue weighted by Gasteiger charge is 2.28. The number of rotatable bonds is 6. The average molecular weight is 491 g/mol. The Kier molecular flexibility index (Phi) is 6.50. The fraction of sp³-hybridized carbons (Fsp3) is 0.308. The van der Waals surface area contributed by atoms with Gasteiger partial charge in [0.15, 0.2) is 0 Å². The molecule has 1 aromatic carbocycles. The molecule has 4 heterocycles. The molecule has 5 rings (SSSR count). The maximum absolute atomic E-state index is 13.2. The molecule has 1 fully saturated rings. The lowest BCUT2D eigenvalue weighted by Gasteiger charge is -2.31. The van der Waals surface area contributed by atoms with Gasteiger partial charge in [-0.25, -0.2) is 9.97 Å². The molecule has 3 aromatic heterocycles. The minimum atomic E-state index is -0.132. The lowest BCUT2D eigenvalue weighted by molar-refractivity contribution is 0.0707. The summed E-state index contributed by atoms with van der Waals surface area (Å²) in [7, 11) is 3.34. The van der Waals surface area contributed by atoms with Gasteiger partial charge in [-0.2, -0.15) is 0 Å². The Bertz CT molecular complexity index is 1340. The molecule has 0 spiro atoms. The van der Waals surface area contributed by atoms with Crippen molar-refractivity contribution in [1.82, 2.24) is 19.8 Å². The number of fused-ring (bicyclic) bond motifs is 1. The summed E-state index contributed by atoms with van der Waals surface area (Å²) in [5.41, 5.74) is 1.58. The van der Waals surface area contributed by atoms with Gasteiger partial charge in [-0.3, -0.25) is 9.59 Å². The minimum Gasteiger partial charge on any atom is -0.496 e. The molecule has 8 nitrogen and oxygen atoms in total. The number of benzene rings is 1. The van der Waals surface area contributed by atoms with Gasteiger partial charge in [-0.1, -0.05) is 12.1 Å². The molecular weight excluding hydrogens is 464 g/mol. The number of nitrogens with zero attached hydrogens (tertiary/aromatic N) is 4. The van der Waals surface area contributed by atoms with Crippen LogP contribution in [-0.4, -0.2) is 58.8 Å². The first kappa shape index (κ1) is 23.0. The van der Waals surface area contributed by atoms with E-state index in [4.69, 9.17) is 9.15 Å². The van der Waals surface area contributed by atoms with Crippen molar-refractivity contribution in [2.45, 2.75) is 25.3 Å². The van der Waals surface area contributed by atoms with E-state index in [0.29, 0.717) is 36.8 Å². The Labute approximate surface area is 207 Å². The number of carbonyl (C=O) groups excluding carboxylic acids is 2. The van der Waals surface area contributed by atoms with E-state index in [9.17, 15) is 9.59 Å². The van der Waals surface area contributed by atoms with E-state index in [1.165, 1.54) is 11.3 Å². The van der Waals surface area contributed by atoms with Crippen LogP contribution in [0.2, 0.25) is 0 Å². The van der Waals surface area contributed by atoms with E-state index in [0.717, 1.165) is 34.5 Å². The SMILES string of the molecule is COc1cc(C(=O)N2CCC(c3nc(C(=O)N(C)Cc4ccco4)cs3)CC2)nc2ccccc12. The number of pyridine rings is 1. The summed E-state index contributed by atoms with van der Waals surface area (Å²) in [6, 6.07) is 13.0. The van der Waals surface area contributed by atoms with Gasteiger partial charge < -0.3 is 19.0 Å². The smallest absolute Gasteiger partial charge is 0.273 e. The Hall–Kier alpha value is -3.72. The Morgan fingerprint density at radius 3 is 2.69 bits per heavy atom. The van der Waals surface area contributed by atoms with Gasteiger partial charge in [-0.05, 0) is 37.1 Å². The first-order valence-electron chi connectivity index (χ1n) is 11.5. The van der Waals surface area contributed by atoms with Crippen molar-refractivity contribution in [3.05, 3.63) is 76.3 Å². The number of hydrogen-bond acceptors (Lipinski definition) is 7. The highest BCUT2D eigenvalue weighted by molar-refractivity contribution is 7.09. The third-order valence-corrected chi connectivity index (χ3v) is 7.32. The average Bonchev–Trinajstić information content (AvgIpc) is 3.60. The van der Waals surface area contributed by atoms with Crippen LogP contribution in [0.15, 0.2) is 58.5 Å². The molecule has 2 amide bonds. The number of thiazole rings is 1. The normalized spacial score (nSPS) is 14.3. The summed E-state index contributed by atoms with van der Waals surface area (Å²) in [6.07, 6.45) is 3.18. The standard InChI is InChI=1S/C26H26N4O4S/c1-29(15-18-6-5-13-34-18)25(31)22-16-35-24(28-22)17-9-11-30(12-10-17)26(32)21-14-23(33-2)19-7-3-4-8-20(19)27-21/h3-8,13-14,16-17H,9-12,15H2,1-2H3. The first-order valence-corrected chi connectivity index (χ1v) is 12.4. The summed E-state index contributed by atoms with van der Waals surface area (Å²) in [4.78, 5) is 38.6. The molecule has 0 unspecified atom stereocenters. The molecule has 1 saturated heterocycles. The molecule has 0 aliphatic carbocycles. The molecule has 1 aliphatic rings. The molecule has 0 bridgehead atoms. The Morgan fingerprint density at radius 2 is 1.94 bits per heavy atom. The lowest BCUT2D eigenvalue weighted by Crippen LogP contribution is -2.38. The van der Waals surface area contributed by atoms with Crippen molar-refractivity contribution in [3.8, 4) is 5.75 Å². The largest absolute Gasteiger partial charge is 0.496 e. The van der Waals surface area contributed by atoms with Gasteiger partial charge in [0.05, 0.1) is 30.4 Å². The fourth-order valence-electron chi connectivity index (χ4n) is 4.39. The predicted octanol–water partition coefficient (Wildman–Crippen LogP) is 4.58. The molecule has 4 aromatic rings. The maximum atomic E-state index is 13.2.